The Balaban J connectivity index is 2.18. The maximum Gasteiger partial charge on any atom is 0.416 e. The largest absolute Gasteiger partial charge is 0.451 e. The van der Waals surface area contributed by atoms with Crippen LogP contribution in [-0.4, -0.2) is 26.5 Å². The van der Waals surface area contributed by atoms with E-state index in [-0.39, 0.29) is 17.1 Å². The molecule has 2 aromatic rings. The summed E-state index contributed by atoms with van der Waals surface area (Å²) in [6.07, 6.45) is -3.78. The van der Waals surface area contributed by atoms with Gasteiger partial charge in [-0.05, 0) is 24.3 Å². The van der Waals surface area contributed by atoms with Crippen LogP contribution in [0.15, 0.2) is 45.8 Å². The Bertz CT molecular complexity index is 951. The van der Waals surface area contributed by atoms with E-state index in [2.05, 4.69) is 9.28 Å². The number of nitrogens with one attached hydrogen (secondary N) is 1. The van der Waals surface area contributed by atoms with Gasteiger partial charge in [0, 0.05) is 5.56 Å². The number of alkyl halides is 3. The first kappa shape index (κ1) is 19.5. The molecule has 1 aromatic heterocycles. The zero-order valence-corrected chi connectivity index (χ0v) is 13.9. The molecule has 0 spiro atoms. The topological polar surface area (TPSA) is 124 Å². The fraction of sp³-hybridized carbons (Fsp3) is 0.143. The molecule has 0 radical (unpaired) electrons. The van der Waals surface area contributed by atoms with E-state index in [0.717, 1.165) is 18.4 Å². The Morgan fingerprint density at radius 2 is 1.96 bits per heavy atom. The number of halogens is 3. The van der Waals surface area contributed by atoms with Gasteiger partial charge in [0.2, 0.25) is 5.96 Å². The number of hydrogen-bond acceptors (Lipinski definition) is 5. The molecule has 26 heavy (non-hydrogen) atoms. The van der Waals surface area contributed by atoms with Gasteiger partial charge in [0.05, 0.1) is 11.8 Å². The third-order valence-electron chi connectivity index (χ3n) is 2.81. The summed E-state index contributed by atoms with van der Waals surface area (Å²) >= 11 is 0. The molecule has 0 aliphatic heterocycles. The highest BCUT2D eigenvalue weighted by Crippen LogP contribution is 2.32. The molecule has 3 N–H and O–H groups in total. The lowest BCUT2D eigenvalue weighted by atomic mass is 10.1. The van der Waals surface area contributed by atoms with Crippen LogP contribution in [0.4, 0.5) is 13.2 Å². The molecule has 1 amide bonds. The van der Waals surface area contributed by atoms with Crippen LogP contribution in [0.1, 0.15) is 16.1 Å². The van der Waals surface area contributed by atoms with Crippen LogP contribution in [-0.2, 0) is 20.6 Å². The van der Waals surface area contributed by atoms with Crippen molar-refractivity contribution < 1.29 is 35.1 Å². The molecular formula is C14H12F3N3O5S. The molecule has 2 rings (SSSR count). The quantitative estimate of drug-likeness (QED) is 0.463. The minimum absolute atomic E-state index is 0.00793. The van der Waals surface area contributed by atoms with E-state index in [0.29, 0.717) is 0 Å². The van der Waals surface area contributed by atoms with Crippen LogP contribution >= 0.6 is 0 Å². The second-order valence-electron chi connectivity index (χ2n) is 4.93. The van der Waals surface area contributed by atoms with Crippen LogP contribution in [0.3, 0.4) is 0 Å². The van der Waals surface area contributed by atoms with E-state index in [4.69, 9.17) is 10.2 Å². The zero-order chi connectivity index (χ0) is 19.5. The van der Waals surface area contributed by atoms with Crippen LogP contribution in [0.25, 0.3) is 11.3 Å². The van der Waals surface area contributed by atoms with Crippen molar-refractivity contribution in [2.75, 3.05) is 6.26 Å². The molecule has 140 valence electrons. The summed E-state index contributed by atoms with van der Waals surface area (Å²) in [6.45, 7) is 0. The summed E-state index contributed by atoms with van der Waals surface area (Å²) < 4.78 is 69.1. The van der Waals surface area contributed by atoms with Crippen molar-refractivity contribution in [3.05, 3.63) is 47.7 Å². The van der Waals surface area contributed by atoms with Crippen molar-refractivity contribution in [1.29, 1.82) is 0 Å². The van der Waals surface area contributed by atoms with E-state index in [1.165, 1.54) is 24.3 Å². The van der Waals surface area contributed by atoms with Gasteiger partial charge >= 0.3 is 12.1 Å². The summed E-state index contributed by atoms with van der Waals surface area (Å²) in [6, 6.07) is 6.82. The second kappa shape index (κ2) is 7.17. The Hall–Kier alpha value is -2.86. The zero-order valence-electron chi connectivity index (χ0n) is 13.1. The normalized spacial score (nSPS) is 12.8. The molecule has 1 heterocycles. The molecule has 12 heteroatoms. The highest BCUT2D eigenvalue weighted by molar-refractivity contribution is 7.85. The number of guanidine groups is 1. The number of aliphatic imine (C=N–C) groups is 1. The first-order chi connectivity index (χ1) is 12.0. The number of nitrogens with two attached hydrogens (primary N) is 1. The van der Waals surface area contributed by atoms with Gasteiger partial charge in [-0.15, -0.1) is 4.28 Å². The van der Waals surface area contributed by atoms with Gasteiger partial charge < -0.3 is 10.2 Å². The molecule has 0 saturated heterocycles. The van der Waals surface area contributed by atoms with Crippen LogP contribution in [0, 0.1) is 0 Å². The van der Waals surface area contributed by atoms with Gasteiger partial charge in [0.25, 0.3) is 10.1 Å². The van der Waals surface area contributed by atoms with E-state index in [9.17, 15) is 26.4 Å². The van der Waals surface area contributed by atoms with Gasteiger partial charge in [0.15, 0.2) is 5.76 Å². The molecule has 0 aliphatic carbocycles. The second-order valence-corrected chi connectivity index (χ2v) is 6.51. The highest BCUT2D eigenvalue weighted by Gasteiger charge is 2.30. The number of carbonyl (C=O) groups excluding carboxylic acids is 1. The lowest BCUT2D eigenvalue weighted by molar-refractivity contribution is -0.137. The van der Waals surface area contributed by atoms with Gasteiger partial charge in [0.1, 0.15) is 5.76 Å². The third-order valence-corrected chi connectivity index (χ3v) is 3.20. The summed E-state index contributed by atoms with van der Waals surface area (Å²) in [5.74, 6) is -1.96. The Morgan fingerprint density at radius 1 is 1.27 bits per heavy atom. The van der Waals surface area contributed by atoms with E-state index in [1.54, 1.807) is 5.48 Å². The first-order valence-corrected chi connectivity index (χ1v) is 8.58. The molecule has 0 atom stereocenters. The first-order valence-electron chi connectivity index (χ1n) is 6.76. The van der Waals surface area contributed by atoms with Gasteiger partial charge in [-0.25, -0.2) is 5.48 Å². The lowest BCUT2D eigenvalue weighted by Crippen LogP contribution is -2.34. The molecule has 0 fully saturated rings. The molecule has 0 saturated carbocycles. The van der Waals surface area contributed by atoms with E-state index < -0.39 is 33.7 Å². The van der Waals surface area contributed by atoms with Crippen molar-refractivity contribution in [2.45, 2.75) is 6.18 Å². The highest BCUT2D eigenvalue weighted by atomic mass is 32.2. The number of furan rings is 1. The van der Waals surface area contributed by atoms with E-state index in [1.807, 2.05) is 0 Å². The molecule has 0 bridgehead atoms. The Kier molecular flexibility index (Phi) is 5.37. The fourth-order valence-corrected chi connectivity index (χ4v) is 2.00. The minimum atomic E-state index is -4.52. The summed E-state index contributed by atoms with van der Waals surface area (Å²) in [7, 11) is -3.87. The molecule has 1 aromatic carbocycles. The van der Waals surface area contributed by atoms with Crippen molar-refractivity contribution in [3.8, 4) is 11.3 Å². The lowest BCUT2D eigenvalue weighted by Gasteiger charge is -2.07. The van der Waals surface area contributed by atoms with Gasteiger partial charge in [-0.1, -0.05) is 12.1 Å². The van der Waals surface area contributed by atoms with Crippen molar-refractivity contribution in [2.24, 2.45) is 10.7 Å². The van der Waals surface area contributed by atoms with E-state index >= 15 is 0 Å². The van der Waals surface area contributed by atoms with Crippen LogP contribution in [0.2, 0.25) is 0 Å². The standard InChI is InChI=1S/C14H12F3N3O5S/c1-26(22,23)25-20-13(18)19-12(21)11-6-5-10(24-11)8-3-2-4-9(7-8)14(15,16)17/h2-7H,1H3,(H3,18,19,20,21). The van der Waals surface area contributed by atoms with Gasteiger partial charge in [-0.3, -0.25) is 4.79 Å². The van der Waals surface area contributed by atoms with Crippen molar-refractivity contribution >= 4 is 22.0 Å². The number of amides is 1. The van der Waals surface area contributed by atoms with Crippen molar-refractivity contribution in [3.63, 3.8) is 0 Å². The SMILES string of the molecule is CS(=O)(=O)ONC(N)=NC(=O)c1ccc(-c2cccc(C(F)(F)F)c2)o1. The Labute approximate surface area is 145 Å². The summed E-state index contributed by atoms with van der Waals surface area (Å²) in [5, 5.41) is 0. The molecule has 0 unspecified atom stereocenters. The molecule has 0 aliphatic rings. The Morgan fingerprint density at radius 3 is 2.58 bits per heavy atom. The average molecular weight is 391 g/mol. The monoisotopic (exact) mass is 391 g/mol. The smallest absolute Gasteiger partial charge is 0.416 e. The third kappa shape index (κ3) is 5.32. The van der Waals surface area contributed by atoms with Crippen LogP contribution in [0.5, 0.6) is 0 Å². The number of hydroxylamine groups is 1. The average Bonchev–Trinajstić information content (AvgIpc) is 3.02. The maximum atomic E-state index is 12.7. The number of carbonyl (C=O) groups is 1. The predicted molar refractivity (Wildman–Crippen MR) is 84.2 cm³/mol. The number of rotatable bonds is 4. The predicted octanol–water partition coefficient (Wildman–Crippen LogP) is 1.90. The van der Waals surface area contributed by atoms with Gasteiger partial charge in [-0.2, -0.15) is 26.6 Å². The minimum Gasteiger partial charge on any atom is -0.451 e. The summed E-state index contributed by atoms with van der Waals surface area (Å²) in [5.41, 5.74) is 6.24. The maximum absolute atomic E-state index is 12.7. The van der Waals surface area contributed by atoms with Crippen LogP contribution < -0.4 is 11.2 Å². The molecule has 8 nitrogen and oxygen atoms in total. The number of nitrogens with zero attached hydrogens (tertiary/aromatic N) is 1. The number of benzene rings is 1. The summed E-state index contributed by atoms with van der Waals surface area (Å²) in [4.78, 5) is 15.2. The molecular weight excluding hydrogens is 379 g/mol. The number of hydrogen-bond donors (Lipinski definition) is 2. The van der Waals surface area contributed by atoms with Crippen molar-refractivity contribution in [1.82, 2.24) is 5.48 Å². The fourth-order valence-electron chi connectivity index (χ4n) is 1.76.